The fourth-order valence-electron chi connectivity index (χ4n) is 2.28. The molecule has 0 fully saturated rings. The Hall–Kier alpha value is -2.28. The Labute approximate surface area is 137 Å². The number of halogens is 4. The molecule has 3 nitrogen and oxygen atoms in total. The van der Waals surface area contributed by atoms with Crippen molar-refractivity contribution in [1.29, 1.82) is 0 Å². The predicted molar refractivity (Wildman–Crippen MR) is 82.3 cm³/mol. The number of aliphatic hydroxyl groups is 1. The van der Waals surface area contributed by atoms with Crippen molar-refractivity contribution >= 4 is 5.69 Å². The third-order valence-corrected chi connectivity index (χ3v) is 3.53. The lowest BCUT2D eigenvalue weighted by atomic mass is 10.1. The van der Waals surface area contributed by atoms with Gasteiger partial charge in [0, 0.05) is 24.8 Å². The molecule has 0 aromatic heterocycles. The number of ether oxygens (including phenoxy) is 1. The zero-order valence-corrected chi connectivity index (χ0v) is 12.9. The largest absolute Gasteiger partial charge is 0.435 e. The van der Waals surface area contributed by atoms with Crippen molar-refractivity contribution in [2.45, 2.75) is 19.6 Å². The van der Waals surface area contributed by atoms with Gasteiger partial charge in [-0.1, -0.05) is 12.1 Å². The first kappa shape index (κ1) is 18.1. The van der Waals surface area contributed by atoms with Gasteiger partial charge in [-0.2, -0.15) is 8.78 Å². The lowest BCUT2D eigenvalue weighted by Crippen LogP contribution is -2.28. The summed E-state index contributed by atoms with van der Waals surface area (Å²) in [6.07, 6.45) is -0.932. The van der Waals surface area contributed by atoms with Gasteiger partial charge in [0.15, 0.2) is 11.6 Å². The summed E-state index contributed by atoms with van der Waals surface area (Å²) < 4.78 is 54.8. The molecule has 1 unspecified atom stereocenters. The van der Waals surface area contributed by atoms with Crippen molar-refractivity contribution in [2.75, 3.05) is 18.0 Å². The quantitative estimate of drug-likeness (QED) is 0.768. The van der Waals surface area contributed by atoms with Crippen LogP contribution in [0.15, 0.2) is 42.5 Å². The van der Waals surface area contributed by atoms with Crippen LogP contribution in [-0.4, -0.2) is 24.8 Å². The molecule has 7 heteroatoms. The normalized spacial score (nSPS) is 12.3. The highest BCUT2D eigenvalue weighted by atomic mass is 19.3. The molecule has 0 aliphatic rings. The second-order valence-electron chi connectivity index (χ2n) is 5.10. The number of rotatable bonds is 7. The van der Waals surface area contributed by atoms with E-state index in [4.69, 9.17) is 0 Å². The van der Waals surface area contributed by atoms with E-state index in [1.54, 1.807) is 4.90 Å². The van der Waals surface area contributed by atoms with Crippen molar-refractivity contribution in [2.24, 2.45) is 0 Å². The fourth-order valence-corrected chi connectivity index (χ4v) is 2.28. The first-order valence-corrected chi connectivity index (χ1v) is 7.33. The Morgan fingerprint density at radius 3 is 2.25 bits per heavy atom. The molecule has 0 spiro atoms. The molecule has 0 aliphatic heterocycles. The molecule has 1 N–H and O–H groups in total. The molecular formula is C17H17F4NO2. The van der Waals surface area contributed by atoms with Gasteiger partial charge in [-0.25, -0.2) is 8.78 Å². The van der Waals surface area contributed by atoms with E-state index in [0.717, 1.165) is 12.1 Å². The highest BCUT2D eigenvalue weighted by molar-refractivity contribution is 5.47. The summed E-state index contributed by atoms with van der Waals surface area (Å²) in [4.78, 5) is 1.68. The molecule has 0 aliphatic carbocycles. The maximum Gasteiger partial charge on any atom is 0.387 e. The van der Waals surface area contributed by atoms with E-state index in [2.05, 4.69) is 4.74 Å². The highest BCUT2D eigenvalue weighted by Crippen LogP contribution is 2.23. The Balaban J connectivity index is 2.08. The minimum atomic E-state index is -2.91. The van der Waals surface area contributed by atoms with Gasteiger partial charge in [-0.05, 0) is 36.8 Å². The van der Waals surface area contributed by atoms with E-state index in [0.29, 0.717) is 17.8 Å². The van der Waals surface area contributed by atoms with E-state index in [9.17, 15) is 22.7 Å². The van der Waals surface area contributed by atoms with E-state index in [1.807, 2.05) is 6.92 Å². The number of likely N-dealkylation sites (N-methyl/N-ethyl adjacent to an activating group) is 1. The van der Waals surface area contributed by atoms with Crippen LogP contribution in [-0.2, 0) is 0 Å². The second-order valence-corrected chi connectivity index (χ2v) is 5.10. The Morgan fingerprint density at radius 2 is 1.71 bits per heavy atom. The maximum atomic E-state index is 13.3. The van der Waals surface area contributed by atoms with Crippen LogP contribution in [0.2, 0.25) is 0 Å². The molecule has 0 radical (unpaired) electrons. The zero-order valence-electron chi connectivity index (χ0n) is 12.9. The molecule has 0 bridgehead atoms. The highest BCUT2D eigenvalue weighted by Gasteiger charge is 2.15. The molecule has 2 aromatic carbocycles. The average molecular weight is 343 g/mol. The summed E-state index contributed by atoms with van der Waals surface area (Å²) in [6.45, 7) is -0.497. The van der Waals surface area contributed by atoms with Gasteiger partial charge in [0.25, 0.3) is 0 Å². The van der Waals surface area contributed by atoms with E-state index < -0.39 is 24.3 Å². The van der Waals surface area contributed by atoms with Gasteiger partial charge in [0.1, 0.15) is 5.75 Å². The van der Waals surface area contributed by atoms with Crippen LogP contribution in [0.3, 0.4) is 0 Å². The molecule has 130 valence electrons. The van der Waals surface area contributed by atoms with E-state index in [1.165, 1.54) is 30.3 Å². The summed E-state index contributed by atoms with van der Waals surface area (Å²) in [5, 5.41) is 10.3. The number of nitrogens with zero attached hydrogens (tertiary/aromatic N) is 1. The molecule has 0 amide bonds. The summed E-state index contributed by atoms with van der Waals surface area (Å²) >= 11 is 0. The van der Waals surface area contributed by atoms with E-state index in [-0.39, 0.29) is 12.3 Å². The number of anilines is 1. The Bertz CT molecular complexity index is 664. The van der Waals surface area contributed by atoms with Crippen LogP contribution in [0, 0.1) is 11.6 Å². The minimum Gasteiger partial charge on any atom is -0.435 e. The molecule has 0 saturated carbocycles. The lowest BCUT2D eigenvalue weighted by molar-refractivity contribution is -0.0498. The molecule has 2 rings (SSSR count). The first-order valence-electron chi connectivity index (χ1n) is 7.33. The average Bonchev–Trinajstić information content (AvgIpc) is 2.55. The van der Waals surface area contributed by atoms with Crippen molar-refractivity contribution in [3.8, 4) is 5.75 Å². The summed E-state index contributed by atoms with van der Waals surface area (Å²) in [5.41, 5.74) is 0.936. The SMILES string of the molecule is CCN(CC(O)c1ccc(OC(F)F)cc1)c1ccc(F)c(F)c1. The Morgan fingerprint density at radius 1 is 1.04 bits per heavy atom. The van der Waals surface area contributed by atoms with Gasteiger partial charge in [0.2, 0.25) is 0 Å². The predicted octanol–water partition coefficient (Wildman–Crippen LogP) is 4.13. The fraction of sp³-hybridized carbons (Fsp3) is 0.294. The second kappa shape index (κ2) is 8.01. The molecule has 2 aromatic rings. The van der Waals surface area contributed by atoms with Crippen LogP contribution in [0.25, 0.3) is 0 Å². The van der Waals surface area contributed by atoms with Crippen LogP contribution in [0.4, 0.5) is 23.2 Å². The molecule has 0 heterocycles. The molecule has 1 atom stereocenters. The zero-order chi connectivity index (χ0) is 17.7. The van der Waals surface area contributed by atoms with Gasteiger partial charge in [-0.3, -0.25) is 0 Å². The summed E-state index contributed by atoms with van der Waals surface area (Å²) in [7, 11) is 0. The first-order chi connectivity index (χ1) is 11.4. The molecular weight excluding hydrogens is 326 g/mol. The van der Waals surface area contributed by atoms with Crippen molar-refractivity contribution < 1.29 is 27.4 Å². The minimum absolute atomic E-state index is 0.00565. The third-order valence-electron chi connectivity index (χ3n) is 3.53. The van der Waals surface area contributed by atoms with Crippen molar-refractivity contribution in [1.82, 2.24) is 0 Å². The van der Waals surface area contributed by atoms with Gasteiger partial charge in [-0.15, -0.1) is 0 Å². The van der Waals surface area contributed by atoms with Crippen LogP contribution < -0.4 is 9.64 Å². The smallest absolute Gasteiger partial charge is 0.387 e. The lowest BCUT2D eigenvalue weighted by Gasteiger charge is -2.26. The Kier molecular flexibility index (Phi) is 6.03. The van der Waals surface area contributed by atoms with Crippen molar-refractivity contribution in [3.05, 3.63) is 59.7 Å². The molecule has 24 heavy (non-hydrogen) atoms. The number of alkyl halides is 2. The summed E-state index contributed by atoms with van der Waals surface area (Å²) in [5.74, 6) is -1.91. The van der Waals surface area contributed by atoms with Crippen LogP contribution >= 0.6 is 0 Å². The number of hydrogen-bond acceptors (Lipinski definition) is 3. The number of benzene rings is 2. The summed E-state index contributed by atoms with van der Waals surface area (Å²) in [6, 6.07) is 9.12. The number of aliphatic hydroxyl groups excluding tert-OH is 1. The van der Waals surface area contributed by atoms with Crippen LogP contribution in [0.5, 0.6) is 5.75 Å². The molecule has 0 saturated heterocycles. The standard InChI is InChI=1S/C17H17F4NO2/c1-2-22(12-5-8-14(18)15(19)9-12)10-16(23)11-3-6-13(7-4-11)24-17(20)21/h3-9,16-17,23H,2,10H2,1H3. The van der Waals surface area contributed by atoms with Gasteiger partial charge >= 0.3 is 6.61 Å². The maximum absolute atomic E-state index is 13.3. The van der Waals surface area contributed by atoms with Gasteiger partial charge < -0.3 is 14.7 Å². The topological polar surface area (TPSA) is 32.7 Å². The van der Waals surface area contributed by atoms with Crippen LogP contribution in [0.1, 0.15) is 18.6 Å². The van der Waals surface area contributed by atoms with E-state index >= 15 is 0 Å². The van der Waals surface area contributed by atoms with Gasteiger partial charge in [0.05, 0.1) is 6.10 Å². The third kappa shape index (κ3) is 4.61. The monoisotopic (exact) mass is 343 g/mol. The number of hydrogen-bond donors (Lipinski definition) is 1. The van der Waals surface area contributed by atoms with Crippen molar-refractivity contribution in [3.63, 3.8) is 0 Å².